The third kappa shape index (κ3) is 4.70. The highest BCUT2D eigenvalue weighted by atomic mass is 19.1. The van der Waals surface area contributed by atoms with Crippen molar-refractivity contribution in [2.24, 2.45) is 0 Å². The molecule has 10 heteroatoms. The van der Waals surface area contributed by atoms with Crippen LogP contribution in [-0.2, 0) is 13.0 Å². The number of aromatic nitrogens is 4. The second-order valence-corrected chi connectivity index (χ2v) is 8.63. The van der Waals surface area contributed by atoms with Crippen LogP contribution in [0, 0.1) is 0 Å². The van der Waals surface area contributed by atoms with E-state index in [2.05, 4.69) is 35.3 Å². The highest BCUT2D eigenvalue weighted by molar-refractivity contribution is 5.92. The lowest BCUT2D eigenvalue weighted by Crippen LogP contribution is -2.46. The number of pyridine rings is 2. The monoisotopic (exact) mass is 451 g/mol. The lowest BCUT2D eigenvalue weighted by Gasteiger charge is -2.35. The number of fused-ring (bicyclic) bond motifs is 1. The van der Waals surface area contributed by atoms with Gasteiger partial charge in [0.05, 0.1) is 17.1 Å². The van der Waals surface area contributed by atoms with E-state index in [1.165, 1.54) is 0 Å². The Labute approximate surface area is 190 Å². The minimum Gasteiger partial charge on any atom is -0.353 e. The van der Waals surface area contributed by atoms with Crippen LogP contribution >= 0.6 is 0 Å². The highest BCUT2D eigenvalue weighted by Crippen LogP contribution is 2.25. The fourth-order valence-electron chi connectivity index (χ4n) is 4.08. The first-order valence-electron chi connectivity index (χ1n) is 11.3. The smallest absolute Gasteiger partial charge is 0.272 e. The number of amides is 1. The van der Waals surface area contributed by atoms with Gasteiger partial charge in [0.2, 0.25) is 0 Å². The van der Waals surface area contributed by atoms with Gasteiger partial charge in [0.15, 0.2) is 11.5 Å². The van der Waals surface area contributed by atoms with E-state index < -0.39 is 6.17 Å². The topological polar surface area (TPSA) is 107 Å². The molecular formula is C23H26FN7O2. The maximum Gasteiger partial charge on any atom is 0.272 e. The van der Waals surface area contributed by atoms with E-state index in [9.17, 15) is 14.0 Å². The Balaban J connectivity index is 1.17. The van der Waals surface area contributed by atoms with Gasteiger partial charge >= 0.3 is 0 Å². The van der Waals surface area contributed by atoms with Crippen LogP contribution < -0.4 is 15.8 Å². The average molecular weight is 452 g/mol. The Morgan fingerprint density at radius 2 is 2.00 bits per heavy atom. The molecule has 33 heavy (non-hydrogen) atoms. The number of carbonyl (C=O) groups is 1. The standard InChI is InChI=1S/C23H26FN7O2/c1-2-15-10-19-20(27-22(15)32)9-14(12-25-19)13-30-5-7-31(8-6-30)21-4-3-17(28-29-21)23(33)26-18-11-16(18)24/h3-4,9-10,12,16,18H,2,5-8,11,13H2,1H3,(H,26,33)(H,27,32). The number of anilines is 1. The summed E-state index contributed by atoms with van der Waals surface area (Å²) in [5.41, 5.74) is 3.50. The van der Waals surface area contributed by atoms with E-state index in [1.54, 1.807) is 12.1 Å². The maximum absolute atomic E-state index is 13.0. The predicted octanol–water partition coefficient (Wildman–Crippen LogP) is 1.44. The number of piperazine rings is 1. The second-order valence-electron chi connectivity index (χ2n) is 8.63. The molecule has 0 bridgehead atoms. The van der Waals surface area contributed by atoms with Crippen molar-refractivity contribution in [2.45, 2.75) is 38.5 Å². The molecule has 1 aliphatic heterocycles. The van der Waals surface area contributed by atoms with Gasteiger partial charge in [-0.15, -0.1) is 10.2 Å². The number of hydrogen-bond acceptors (Lipinski definition) is 7. The first-order valence-corrected chi connectivity index (χ1v) is 11.3. The second kappa shape index (κ2) is 8.86. The molecule has 3 aromatic rings. The molecule has 1 amide bonds. The molecule has 0 aromatic carbocycles. The zero-order chi connectivity index (χ0) is 22.9. The van der Waals surface area contributed by atoms with Crippen LogP contribution in [0.5, 0.6) is 0 Å². The Kier molecular flexibility index (Phi) is 5.76. The molecular weight excluding hydrogens is 425 g/mol. The van der Waals surface area contributed by atoms with Gasteiger partial charge < -0.3 is 15.2 Å². The minimum absolute atomic E-state index is 0.0543. The summed E-state index contributed by atoms with van der Waals surface area (Å²) in [6, 6.07) is 6.88. The van der Waals surface area contributed by atoms with Gasteiger partial charge in [-0.05, 0) is 36.2 Å². The first kappa shape index (κ1) is 21.4. The van der Waals surface area contributed by atoms with Crippen LogP contribution in [0.25, 0.3) is 11.0 Å². The van der Waals surface area contributed by atoms with Crippen molar-refractivity contribution in [3.05, 3.63) is 57.6 Å². The highest BCUT2D eigenvalue weighted by Gasteiger charge is 2.39. The summed E-state index contributed by atoms with van der Waals surface area (Å²) in [4.78, 5) is 36.1. The van der Waals surface area contributed by atoms with Crippen LogP contribution in [0.15, 0.2) is 35.3 Å². The Bertz CT molecular complexity index is 1220. The zero-order valence-corrected chi connectivity index (χ0v) is 18.4. The number of nitrogens with one attached hydrogen (secondary N) is 2. The van der Waals surface area contributed by atoms with Crippen molar-refractivity contribution >= 4 is 22.8 Å². The van der Waals surface area contributed by atoms with E-state index in [0.717, 1.165) is 60.7 Å². The molecule has 2 fully saturated rings. The predicted molar refractivity (Wildman–Crippen MR) is 122 cm³/mol. The lowest BCUT2D eigenvalue weighted by molar-refractivity contribution is 0.0941. The summed E-state index contributed by atoms with van der Waals surface area (Å²) in [5, 5.41) is 10.8. The molecule has 2 aliphatic rings. The van der Waals surface area contributed by atoms with Crippen LogP contribution in [0.3, 0.4) is 0 Å². The van der Waals surface area contributed by atoms with Crippen molar-refractivity contribution in [1.82, 2.24) is 30.4 Å². The van der Waals surface area contributed by atoms with E-state index in [0.29, 0.717) is 12.8 Å². The molecule has 5 rings (SSSR count). The quantitative estimate of drug-likeness (QED) is 0.584. The van der Waals surface area contributed by atoms with Gasteiger partial charge in [-0.1, -0.05) is 6.92 Å². The molecule has 3 aromatic heterocycles. The van der Waals surface area contributed by atoms with Crippen molar-refractivity contribution in [3.8, 4) is 0 Å². The van der Waals surface area contributed by atoms with Crippen molar-refractivity contribution in [1.29, 1.82) is 0 Å². The number of nitrogens with zero attached hydrogens (tertiary/aromatic N) is 5. The molecule has 0 spiro atoms. The number of alkyl halides is 1. The summed E-state index contributed by atoms with van der Waals surface area (Å²) < 4.78 is 13.0. The van der Waals surface area contributed by atoms with Crippen molar-refractivity contribution in [3.63, 3.8) is 0 Å². The third-order valence-corrected chi connectivity index (χ3v) is 6.22. The van der Waals surface area contributed by atoms with E-state index in [1.807, 2.05) is 25.3 Å². The minimum atomic E-state index is -0.945. The number of aryl methyl sites for hydroxylation is 1. The van der Waals surface area contributed by atoms with E-state index in [4.69, 9.17) is 0 Å². The van der Waals surface area contributed by atoms with Crippen LogP contribution in [0.2, 0.25) is 0 Å². The van der Waals surface area contributed by atoms with Crippen LogP contribution in [-0.4, -0.2) is 69.4 Å². The zero-order valence-electron chi connectivity index (χ0n) is 18.4. The van der Waals surface area contributed by atoms with Crippen LogP contribution in [0.4, 0.5) is 10.2 Å². The number of H-pyrrole nitrogens is 1. The van der Waals surface area contributed by atoms with Crippen molar-refractivity contribution < 1.29 is 9.18 Å². The fourth-order valence-corrected chi connectivity index (χ4v) is 4.08. The molecule has 172 valence electrons. The van der Waals surface area contributed by atoms with Gasteiger partial charge in [0.25, 0.3) is 11.5 Å². The molecule has 1 saturated heterocycles. The summed E-state index contributed by atoms with van der Waals surface area (Å²) in [6.45, 7) is 5.95. The number of rotatable bonds is 6. The summed E-state index contributed by atoms with van der Waals surface area (Å²) >= 11 is 0. The van der Waals surface area contributed by atoms with Crippen molar-refractivity contribution in [2.75, 3.05) is 31.1 Å². The lowest BCUT2D eigenvalue weighted by atomic mass is 10.1. The average Bonchev–Trinajstić information content (AvgIpc) is 3.53. The molecule has 4 heterocycles. The number of halogens is 1. The molecule has 2 unspecified atom stereocenters. The maximum atomic E-state index is 13.0. The summed E-state index contributed by atoms with van der Waals surface area (Å²) in [5.74, 6) is 0.331. The normalized spacial score (nSPS) is 20.7. The Morgan fingerprint density at radius 3 is 2.67 bits per heavy atom. The SMILES string of the molecule is CCc1cc2ncc(CN3CCN(c4ccc(C(=O)NC5CC5F)nn4)CC3)cc2[nH]c1=O. The van der Waals surface area contributed by atoms with Gasteiger partial charge in [0, 0.05) is 50.9 Å². The van der Waals surface area contributed by atoms with Gasteiger partial charge in [-0.2, -0.15) is 0 Å². The fraction of sp³-hybridized carbons (Fsp3) is 0.435. The molecule has 2 N–H and O–H groups in total. The first-order chi connectivity index (χ1) is 16.0. The van der Waals surface area contributed by atoms with E-state index >= 15 is 0 Å². The molecule has 1 aliphatic carbocycles. The largest absolute Gasteiger partial charge is 0.353 e. The van der Waals surface area contributed by atoms with Gasteiger partial charge in [-0.3, -0.25) is 19.5 Å². The van der Waals surface area contributed by atoms with E-state index in [-0.39, 0.29) is 23.2 Å². The molecule has 0 radical (unpaired) electrons. The Hall–Kier alpha value is -3.40. The molecule has 2 atom stereocenters. The van der Waals surface area contributed by atoms with Gasteiger partial charge in [-0.25, -0.2) is 4.39 Å². The number of aromatic amines is 1. The third-order valence-electron chi connectivity index (χ3n) is 6.22. The number of hydrogen-bond donors (Lipinski definition) is 2. The molecule has 1 saturated carbocycles. The number of carbonyl (C=O) groups excluding carboxylic acids is 1. The summed E-state index contributed by atoms with van der Waals surface area (Å²) in [6.07, 6.45) is 1.97. The molecule has 9 nitrogen and oxygen atoms in total. The Morgan fingerprint density at radius 1 is 1.21 bits per heavy atom. The van der Waals surface area contributed by atoms with Crippen LogP contribution in [0.1, 0.15) is 35.0 Å². The van der Waals surface area contributed by atoms with Gasteiger partial charge in [0.1, 0.15) is 6.17 Å². The summed E-state index contributed by atoms with van der Waals surface area (Å²) in [7, 11) is 0.